The van der Waals surface area contributed by atoms with E-state index in [2.05, 4.69) is 21.4 Å². The maximum atomic E-state index is 13.5. The predicted octanol–water partition coefficient (Wildman–Crippen LogP) is 2.32. The standard InChI is InChI=1S/C17H19FN4O/c1-17(2,18)10-20-16-19-8-13-12(5-6-14(13)21-16)11-4-7-15(23)22(3)9-11/h4-5,7-9H,6,10H2,1-3H3,(H,19,20,21). The van der Waals surface area contributed by atoms with Crippen LogP contribution in [-0.4, -0.2) is 26.7 Å². The topological polar surface area (TPSA) is 59.8 Å². The molecular weight excluding hydrogens is 295 g/mol. The number of fused-ring (bicyclic) bond motifs is 1. The Labute approximate surface area is 133 Å². The molecule has 2 aromatic heterocycles. The largest absolute Gasteiger partial charge is 0.351 e. The van der Waals surface area contributed by atoms with Crippen LogP contribution < -0.4 is 10.9 Å². The molecule has 0 fully saturated rings. The predicted molar refractivity (Wildman–Crippen MR) is 88.2 cm³/mol. The monoisotopic (exact) mass is 314 g/mol. The van der Waals surface area contributed by atoms with Gasteiger partial charge in [-0.2, -0.15) is 0 Å². The van der Waals surface area contributed by atoms with Gasteiger partial charge in [-0.15, -0.1) is 0 Å². The lowest BCUT2D eigenvalue weighted by Crippen LogP contribution is -2.25. The van der Waals surface area contributed by atoms with E-state index in [1.807, 2.05) is 0 Å². The number of hydrogen-bond acceptors (Lipinski definition) is 4. The smallest absolute Gasteiger partial charge is 0.250 e. The number of rotatable bonds is 4. The zero-order valence-electron chi connectivity index (χ0n) is 13.4. The fraction of sp³-hybridized carbons (Fsp3) is 0.353. The van der Waals surface area contributed by atoms with Gasteiger partial charge >= 0.3 is 0 Å². The molecule has 6 heteroatoms. The lowest BCUT2D eigenvalue weighted by Gasteiger charge is -2.15. The molecule has 1 N–H and O–H groups in total. The number of nitrogens with zero attached hydrogens (tertiary/aromatic N) is 3. The molecule has 0 atom stereocenters. The van der Waals surface area contributed by atoms with Gasteiger partial charge in [-0.3, -0.25) is 4.79 Å². The number of aryl methyl sites for hydroxylation is 1. The number of pyridine rings is 1. The van der Waals surface area contributed by atoms with Crippen LogP contribution in [0, 0.1) is 0 Å². The molecule has 120 valence electrons. The Morgan fingerprint density at radius 2 is 2.17 bits per heavy atom. The van der Waals surface area contributed by atoms with Crippen LogP contribution in [0.5, 0.6) is 0 Å². The molecule has 1 aliphatic carbocycles. The van der Waals surface area contributed by atoms with Gasteiger partial charge in [0.05, 0.1) is 12.2 Å². The Bertz CT molecular complexity index is 833. The molecule has 2 heterocycles. The highest BCUT2D eigenvalue weighted by atomic mass is 19.1. The van der Waals surface area contributed by atoms with E-state index >= 15 is 0 Å². The Morgan fingerprint density at radius 3 is 2.87 bits per heavy atom. The molecule has 23 heavy (non-hydrogen) atoms. The van der Waals surface area contributed by atoms with Gasteiger partial charge in [-0.05, 0) is 31.1 Å². The summed E-state index contributed by atoms with van der Waals surface area (Å²) in [5, 5.41) is 2.92. The summed E-state index contributed by atoms with van der Waals surface area (Å²) in [6.45, 7) is 3.17. The number of allylic oxidation sites excluding steroid dienone is 1. The molecule has 0 aromatic carbocycles. The minimum Gasteiger partial charge on any atom is -0.351 e. The van der Waals surface area contributed by atoms with Gasteiger partial charge in [0.1, 0.15) is 5.67 Å². The molecule has 2 aromatic rings. The van der Waals surface area contributed by atoms with Crippen molar-refractivity contribution in [2.45, 2.75) is 25.9 Å². The zero-order chi connectivity index (χ0) is 16.6. The Morgan fingerprint density at radius 1 is 1.39 bits per heavy atom. The van der Waals surface area contributed by atoms with E-state index in [9.17, 15) is 9.18 Å². The van der Waals surface area contributed by atoms with Crippen LogP contribution in [0.25, 0.3) is 5.57 Å². The van der Waals surface area contributed by atoms with Crippen LogP contribution in [0.4, 0.5) is 10.3 Å². The maximum absolute atomic E-state index is 13.5. The van der Waals surface area contributed by atoms with E-state index in [1.54, 1.807) is 36.1 Å². The number of halogens is 1. The van der Waals surface area contributed by atoms with Gasteiger partial charge in [0.25, 0.3) is 0 Å². The molecule has 5 nitrogen and oxygen atoms in total. The number of anilines is 1. The van der Waals surface area contributed by atoms with Crippen LogP contribution in [0.1, 0.15) is 30.7 Å². The summed E-state index contributed by atoms with van der Waals surface area (Å²) in [5.74, 6) is 0.435. The number of aromatic nitrogens is 3. The van der Waals surface area contributed by atoms with Crippen molar-refractivity contribution in [1.82, 2.24) is 14.5 Å². The number of hydrogen-bond donors (Lipinski definition) is 1. The van der Waals surface area contributed by atoms with E-state index < -0.39 is 5.67 Å². The lowest BCUT2D eigenvalue weighted by atomic mass is 10.0. The Hall–Kier alpha value is -2.50. The first-order chi connectivity index (χ1) is 10.8. The average Bonchev–Trinajstić information content (AvgIpc) is 2.90. The van der Waals surface area contributed by atoms with Crippen molar-refractivity contribution in [2.24, 2.45) is 7.05 Å². The van der Waals surface area contributed by atoms with Crippen molar-refractivity contribution >= 4 is 11.5 Å². The molecule has 3 rings (SSSR count). The van der Waals surface area contributed by atoms with Gasteiger partial charge in [-0.25, -0.2) is 14.4 Å². The van der Waals surface area contributed by atoms with E-state index in [0.717, 1.165) is 22.4 Å². The molecule has 0 radical (unpaired) electrons. The van der Waals surface area contributed by atoms with Gasteiger partial charge in [0.15, 0.2) is 0 Å². The summed E-state index contributed by atoms with van der Waals surface area (Å²) in [5.41, 5.74) is 2.47. The summed E-state index contributed by atoms with van der Waals surface area (Å²) in [4.78, 5) is 20.2. The van der Waals surface area contributed by atoms with Crippen molar-refractivity contribution in [1.29, 1.82) is 0 Å². The zero-order valence-corrected chi connectivity index (χ0v) is 13.4. The first kappa shape index (κ1) is 15.4. The molecule has 0 unspecified atom stereocenters. The SMILES string of the molecule is Cn1cc(C2=CCc3nc(NCC(C)(C)F)ncc32)ccc1=O. The molecule has 0 saturated heterocycles. The maximum Gasteiger partial charge on any atom is 0.250 e. The van der Waals surface area contributed by atoms with E-state index in [0.29, 0.717) is 12.4 Å². The van der Waals surface area contributed by atoms with Crippen molar-refractivity contribution in [3.05, 3.63) is 57.8 Å². The van der Waals surface area contributed by atoms with Crippen molar-refractivity contribution in [3.63, 3.8) is 0 Å². The fourth-order valence-electron chi connectivity index (χ4n) is 2.51. The number of alkyl halides is 1. The third kappa shape index (κ3) is 3.31. The van der Waals surface area contributed by atoms with Crippen molar-refractivity contribution < 1.29 is 4.39 Å². The van der Waals surface area contributed by atoms with Crippen LogP contribution >= 0.6 is 0 Å². The van der Waals surface area contributed by atoms with E-state index in [1.165, 1.54) is 13.8 Å². The summed E-state index contributed by atoms with van der Waals surface area (Å²) in [7, 11) is 1.73. The second-order valence-electron chi connectivity index (χ2n) is 6.32. The highest BCUT2D eigenvalue weighted by Crippen LogP contribution is 2.31. The second kappa shape index (κ2) is 5.61. The van der Waals surface area contributed by atoms with Gasteiger partial charge in [0.2, 0.25) is 11.5 Å². The van der Waals surface area contributed by atoms with Crippen LogP contribution in [0.3, 0.4) is 0 Å². The summed E-state index contributed by atoms with van der Waals surface area (Å²) >= 11 is 0. The van der Waals surface area contributed by atoms with Crippen LogP contribution in [0.2, 0.25) is 0 Å². The molecule has 0 bridgehead atoms. The van der Waals surface area contributed by atoms with Gasteiger partial charge < -0.3 is 9.88 Å². The molecule has 1 aliphatic rings. The van der Waals surface area contributed by atoms with Crippen LogP contribution in [-0.2, 0) is 13.5 Å². The van der Waals surface area contributed by atoms with E-state index in [-0.39, 0.29) is 12.1 Å². The normalized spacial score (nSPS) is 13.7. The van der Waals surface area contributed by atoms with Crippen LogP contribution in [0.15, 0.2) is 35.4 Å². The van der Waals surface area contributed by atoms with Crippen molar-refractivity contribution in [2.75, 3.05) is 11.9 Å². The molecule has 0 spiro atoms. The first-order valence-electron chi connectivity index (χ1n) is 7.50. The van der Waals surface area contributed by atoms with Gasteiger partial charge in [-0.1, -0.05) is 6.08 Å². The second-order valence-corrected chi connectivity index (χ2v) is 6.32. The minimum absolute atomic E-state index is 0.0443. The van der Waals surface area contributed by atoms with E-state index in [4.69, 9.17) is 0 Å². The molecule has 0 aliphatic heterocycles. The lowest BCUT2D eigenvalue weighted by molar-refractivity contribution is 0.234. The highest BCUT2D eigenvalue weighted by molar-refractivity contribution is 5.83. The van der Waals surface area contributed by atoms with Crippen molar-refractivity contribution in [3.8, 4) is 0 Å². The summed E-state index contributed by atoms with van der Waals surface area (Å²) in [6.07, 6.45) is 6.33. The quantitative estimate of drug-likeness (QED) is 0.941. The average molecular weight is 314 g/mol. The summed E-state index contributed by atoms with van der Waals surface area (Å²) in [6, 6.07) is 3.36. The molecule has 0 amide bonds. The highest BCUT2D eigenvalue weighted by Gasteiger charge is 2.20. The van der Waals surface area contributed by atoms with Gasteiger partial charge in [0, 0.05) is 37.5 Å². The fourth-order valence-corrected chi connectivity index (χ4v) is 2.51. The Kier molecular flexibility index (Phi) is 3.75. The Balaban J connectivity index is 1.85. The third-order valence-electron chi connectivity index (χ3n) is 3.72. The molecule has 0 saturated carbocycles. The first-order valence-corrected chi connectivity index (χ1v) is 7.50. The summed E-state index contributed by atoms with van der Waals surface area (Å²) < 4.78 is 15.1. The third-order valence-corrected chi connectivity index (χ3v) is 3.72. The minimum atomic E-state index is -1.32. The number of nitrogens with one attached hydrogen (secondary N) is 1. The molecular formula is C17H19FN4O.